The molecule has 1 heterocycles. The van der Waals surface area contributed by atoms with E-state index in [1.54, 1.807) is 11.9 Å². The summed E-state index contributed by atoms with van der Waals surface area (Å²) in [5, 5.41) is 6.37. The Hall–Kier alpha value is -2.50. The number of nitrogens with zero attached hydrogens (tertiary/aromatic N) is 2. The fourth-order valence-corrected chi connectivity index (χ4v) is 1.91. The number of nitrogens with two attached hydrogens (primary N) is 1. The summed E-state index contributed by atoms with van der Waals surface area (Å²) < 4.78 is 5.55. The molecule has 2 rings (SSSR count). The molecule has 0 aliphatic heterocycles. The summed E-state index contributed by atoms with van der Waals surface area (Å²) in [6, 6.07) is 9.19. The van der Waals surface area contributed by atoms with Crippen LogP contribution in [0.15, 0.2) is 30.3 Å². The molecule has 20 heavy (non-hydrogen) atoms. The van der Waals surface area contributed by atoms with Crippen LogP contribution in [0.1, 0.15) is 23.0 Å². The topological polar surface area (TPSA) is 84.2 Å². The predicted octanol–water partition coefficient (Wildman–Crippen LogP) is 1.66. The highest BCUT2D eigenvalue weighted by molar-refractivity contribution is 5.92. The average molecular weight is 274 g/mol. The van der Waals surface area contributed by atoms with Crippen molar-refractivity contribution in [2.45, 2.75) is 13.5 Å². The van der Waals surface area contributed by atoms with Crippen LogP contribution in [0.2, 0.25) is 0 Å². The largest absolute Gasteiger partial charge is 0.494 e. The van der Waals surface area contributed by atoms with Crippen molar-refractivity contribution in [3.8, 4) is 5.75 Å². The SMILES string of the molecule is CCOc1ccccc1CN(C)C(=O)c1cc(N)n[nH]1. The van der Waals surface area contributed by atoms with E-state index >= 15 is 0 Å². The van der Waals surface area contributed by atoms with Gasteiger partial charge in [-0.2, -0.15) is 5.10 Å². The molecule has 6 nitrogen and oxygen atoms in total. The van der Waals surface area contributed by atoms with E-state index in [2.05, 4.69) is 10.2 Å². The molecule has 0 aliphatic rings. The molecule has 0 aliphatic carbocycles. The molecule has 3 N–H and O–H groups in total. The standard InChI is InChI=1S/C14H18N4O2/c1-3-20-12-7-5-4-6-10(12)9-18(2)14(19)11-8-13(15)17-16-11/h4-8H,3,9H2,1-2H3,(H3,15,16,17). The molecule has 0 radical (unpaired) electrons. The normalized spacial score (nSPS) is 10.3. The summed E-state index contributed by atoms with van der Waals surface area (Å²) in [6.07, 6.45) is 0. The lowest BCUT2D eigenvalue weighted by Gasteiger charge is -2.18. The fraction of sp³-hybridized carbons (Fsp3) is 0.286. The monoisotopic (exact) mass is 274 g/mol. The number of anilines is 1. The minimum Gasteiger partial charge on any atom is -0.494 e. The van der Waals surface area contributed by atoms with E-state index < -0.39 is 0 Å². The number of nitrogen functional groups attached to an aromatic ring is 1. The number of para-hydroxylation sites is 1. The minimum atomic E-state index is -0.166. The van der Waals surface area contributed by atoms with Crippen molar-refractivity contribution < 1.29 is 9.53 Å². The van der Waals surface area contributed by atoms with E-state index in [-0.39, 0.29) is 5.91 Å². The van der Waals surface area contributed by atoms with E-state index in [4.69, 9.17) is 10.5 Å². The first-order valence-corrected chi connectivity index (χ1v) is 6.39. The molecule has 0 bridgehead atoms. The third-order valence-electron chi connectivity index (χ3n) is 2.85. The number of aromatic nitrogens is 2. The van der Waals surface area contributed by atoms with Gasteiger partial charge in [0.2, 0.25) is 0 Å². The van der Waals surface area contributed by atoms with E-state index in [0.29, 0.717) is 24.7 Å². The predicted molar refractivity (Wildman–Crippen MR) is 76.4 cm³/mol. The van der Waals surface area contributed by atoms with Crippen LogP contribution in [0.5, 0.6) is 5.75 Å². The smallest absolute Gasteiger partial charge is 0.271 e. The van der Waals surface area contributed by atoms with Crippen molar-refractivity contribution >= 4 is 11.7 Å². The Morgan fingerprint density at radius 1 is 1.45 bits per heavy atom. The second-order valence-corrected chi connectivity index (χ2v) is 4.41. The van der Waals surface area contributed by atoms with Crippen molar-refractivity contribution in [3.63, 3.8) is 0 Å². The Labute approximate surface area is 117 Å². The summed E-state index contributed by atoms with van der Waals surface area (Å²) in [5.74, 6) is 0.927. The molecule has 1 aromatic carbocycles. The third-order valence-corrected chi connectivity index (χ3v) is 2.85. The van der Waals surface area contributed by atoms with Gasteiger partial charge in [-0.1, -0.05) is 18.2 Å². The van der Waals surface area contributed by atoms with E-state index in [1.165, 1.54) is 6.07 Å². The van der Waals surface area contributed by atoms with E-state index in [0.717, 1.165) is 11.3 Å². The van der Waals surface area contributed by atoms with Crippen LogP contribution in [0.25, 0.3) is 0 Å². The number of carbonyl (C=O) groups excluding carboxylic acids is 1. The van der Waals surface area contributed by atoms with Gasteiger partial charge in [0, 0.05) is 25.2 Å². The zero-order valence-corrected chi connectivity index (χ0v) is 11.6. The highest BCUT2D eigenvalue weighted by atomic mass is 16.5. The third kappa shape index (κ3) is 3.09. The molecule has 0 fully saturated rings. The van der Waals surface area contributed by atoms with Gasteiger partial charge in [0.15, 0.2) is 0 Å². The van der Waals surface area contributed by atoms with Gasteiger partial charge in [-0.25, -0.2) is 0 Å². The number of carbonyl (C=O) groups is 1. The molecule has 0 saturated heterocycles. The fourth-order valence-electron chi connectivity index (χ4n) is 1.91. The van der Waals surface area contributed by atoms with Crippen LogP contribution in [-0.4, -0.2) is 34.7 Å². The molecule has 0 unspecified atom stereocenters. The lowest BCUT2D eigenvalue weighted by Crippen LogP contribution is -2.26. The molecular formula is C14H18N4O2. The quantitative estimate of drug-likeness (QED) is 0.868. The lowest BCUT2D eigenvalue weighted by molar-refractivity contribution is 0.0778. The molecule has 0 saturated carbocycles. The van der Waals surface area contributed by atoms with Gasteiger partial charge >= 0.3 is 0 Å². The highest BCUT2D eigenvalue weighted by Crippen LogP contribution is 2.20. The van der Waals surface area contributed by atoms with Crippen LogP contribution in [0, 0.1) is 0 Å². The number of nitrogens with one attached hydrogen (secondary N) is 1. The Morgan fingerprint density at radius 3 is 2.85 bits per heavy atom. The summed E-state index contributed by atoms with van der Waals surface area (Å²) in [7, 11) is 1.72. The molecule has 0 spiro atoms. The van der Waals surface area contributed by atoms with Crippen LogP contribution in [0.4, 0.5) is 5.82 Å². The second-order valence-electron chi connectivity index (χ2n) is 4.41. The van der Waals surface area contributed by atoms with E-state index in [1.807, 2.05) is 31.2 Å². The Bertz CT molecular complexity index is 594. The number of aromatic amines is 1. The van der Waals surface area contributed by atoms with Gasteiger partial charge in [-0.05, 0) is 13.0 Å². The molecule has 2 aromatic rings. The maximum Gasteiger partial charge on any atom is 0.271 e. The van der Waals surface area contributed by atoms with Crippen LogP contribution < -0.4 is 10.5 Å². The van der Waals surface area contributed by atoms with Gasteiger partial charge in [0.05, 0.1) is 6.61 Å². The maximum absolute atomic E-state index is 12.2. The molecule has 106 valence electrons. The first kappa shape index (κ1) is 13.9. The van der Waals surface area contributed by atoms with Crippen LogP contribution in [0.3, 0.4) is 0 Å². The summed E-state index contributed by atoms with van der Waals surface area (Å²) in [6.45, 7) is 2.97. The number of benzene rings is 1. The zero-order valence-electron chi connectivity index (χ0n) is 11.6. The number of H-pyrrole nitrogens is 1. The molecule has 6 heteroatoms. The van der Waals surface area contributed by atoms with Crippen molar-refractivity contribution in [3.05, 3.63) is 41.6 Å². The van der Waals surface area contributed by atoms with Crippen LogP contribution in [-0.2, 0) is 6.54 Å². The molecule has 0 atom stereocenters. The van der Waals surface area contributed by atoms with Gasteiger partial charge in [-0.15, -0.1) is 0 Å². The van der Waals surface area contributed by atoms with Gasteiger partial charge < -0.3 is 15.4 Å². The highest BCUT2D eigenvalue weighted by Gasteiger charge is 2.15. The van der Waals surface area contributed by atoms with Crippen molar-refractivity contribution in [2.24, 2.45) is 0 Å². The molecule has 1 aromatic heterocycles. The zero-order chi connectivity index (χ0) is 14.5. The number of rotatable bonds is 5. The number of hydrogen-bond donors (Lipinski definition) is 2. The van der Waals surface area contributed by atoms with Gasteiger partial charge in [-0.3, -0.25) is 9.89 Å². The number of ether oxygens (including phenoxy) is 1. The Balaban J connectivity index is 2.11. The first-order valence-electron chi connectivity index (χ1n) is 6.39. The van der Waals surface area contributed by atoms with Gasteiger partial charge in [0.25, 0.3) is 5.91 Å². The average Bonchev–Trinajstić information content (AvgIpc) is 2.87. The maximum atomic E-state index is 12.2. The summed E-state index contributed by atoms with van der Waals surface area (Å²) >= 11 is 0. The minimum absolute atomic E-state index is 0.166. The van der Waals surface area contributed by atoms with Gasteiger partial charge in [0.1, 0.15) is 17.3 Å². The molecular weight excluding hydrogens is 256 g/mol. The van der Waals surface area contributed by atoms with Crippen molar-refractivity contribution in [2.75, 3.05) is 19.4 Å². The summed E-state index contributed by atoms with van der Waals surface area (Å²) in [4.78, 5) is 13.8. The van der Waals surface area contributed by atoms with Crippen LogP contribution >= 0.6 is 0 Å². The first-order chi connectivity index (χ1) is 9.61. The Kier molecular flexibility index (Phi) is 4.24. The Morgan fingerprint density at radius 2 is 2.20 bits per heavy atom. The van der Waals surface area contributed by atoms with Crippen molar-refractivity contribution in [1.82, 2.24) is 15.1 Å². The van der Waals surface area contributed by atoms with E-state index in [9.17, 15) is 4.79 Å². The summed E-state index contributed by atoms with van der Waals surface area (Å²) in [5.41, 5.74) is 6.83. The second kappa shape index (κ2) is 6.10. The lowest BCUT2D eigenvalue weighted by atomic mass is 10.2. The number of hydrogen-bond acceptors (Lipinski definition) is 4. The number of amides is 1. The van der Waals surface area contributed by atoms with Crippen molar-refractivity contribution in [1.29, 1.82) is 0 Å². The molecule has 1 amide bonds.